The Labute approximate surface area is 178 Å². The van der Waals surface area contributed by atoms with Crippen molar-refractivity contribution in [2.24, 2.45) is 0 Å². The molecule has 0 aliphatic carbocycles. The van der Waals surface area contributed by atoms with E-state index < -0.39 is 34.3 Å². The highest BCUT2D eigenvalue weighted by molar-refractivity contribution is 7.89. The van der Waals surface area contributed by atoms with Crippen LogP contribution >= 0.6 is 11.6 Å². The van der Waals surface area contributed by atoms with E-state index in [9.17, 15) is 22.4 Å². The molecule has 1 aliphatic heterocycles. The van der Waals surface area contributed by atoms with Crippen LogP contribution in [-0.2, 0) is 19.6 Å². The smallest absolute Gasteiger partial charge is 0.338 e. The number of carbonyl (C=O) groups is 2. The maximum atomic E-state index is 13.5. The summed E-state index contributed by atoms with van der Waals surface area (Å²) in [5.74, 6) is -2.02. The van der Waals surface area contributed by atoms with Gasteiger partial charge in [-0.1, -0.05) is 17.7 Å². The van der Waals surface area contributed by atoms with Crippen LogP contribution in [-0.4, -0.2) is 44.3 Å². The third-order valence-electron chi connectivity index (χ3n) is 4.64. The predicted octanol–water partition coefficient (Wildman–Crippen LogP) is 3.37. The maximum Gasteiger partial charge on any atom is 0.338 e. The Hall–Kier alpha value is -2.49. The van der Waals surface area contributed by atoms with E-state index in [-0.39, 0.29) is 21.2 Å². The molecule has 160 valence electrons. The Morgan fingerprint density at radius 3 is 2.53 bits per heavy atom. The Bertz CT molecular complexity index is 1080. The lowest BCUT2D eigenvalue weighted by Gasteiger charge is -2.17. The third kappa shape index (κ3) is 4.97. The van der Waals surface area contributed by atoms with Crippen molar-refractivity contribution >= 4 is 39.2 Å². The molecule has 1 saturated heterocycles. The average molecular weight is 455 g/mol. The van der Waals surface area contributed by atoms with Crippen LogP contribution in [0, 0.1) is 12.7 Å². The zero-order valence-electron chi connectivity index (χ0n) is 16.2. The van der Waals surface area contributed by atoms with E-state index in [0.717, 1.165) is 25.0 Å². The summed E-state index contributed by atoms with van der Waals surface area (Å²) in [6.07, 6.45) is 1.52. The van der Waals surface area contributed by atoms with Crippen LogP contribution in [0.3, 0.4) is 0 Å². The standard InChI is InChI=1S/C20H20ClFN2O5S/c1-13-4-6-15(11-17(13)22)23-19(25)12-29-20(26)14-5-7-16(21)18(10-14)30(27,28)24-8-2-3-9-24/h4-7,10-11H,2-3,8-9,12H2,1H3,(H,23,25). The summed E-state index contributed by atoms with van der Waals surface area (Å²) in [5.41, 5.74) is 0.609. The number of hydrogen-bond donors (Lipinski definition) is 1. The van der Waals surface area contributed by atoms with Gasteiger partial charge in [-0.3, -0.25) is 4.79 Å². The summed E-state index contributed by atoms with van der Waals surface area (Å²) in [6, 6.07) is 7.95. The molecule has 1 amide bonds. The van der Waals surface area contributed by atoms with E-state index in [0.29, 0.717) is 18.7 Å². The van der Waals surface area contributed by atoms with Gasteiger partial charge in [0.15, 0.2) is 6.61 Å². The van der Waals surface area contributed by atoms with Gasteiger partial charge in [-0.05, 0) is 55.7 Å². The highest BCUT2D eigenvalue weighted by Gasteiger charge is 2.30. The lowest BCUT2D eigenvalue weighted by Crippen LogP contribution is -2.28. The fourth-order valence-electron chi connectivity index (χ4n) is 2.98. The lowest BCUT2D eigenvalue weighted by molar-refractivity contribution is -0.119. The SMILES string of the molecule is Cc1ccc(NC(=O)COC(=O)c2ccc(Cl)c(S(=O)(=O)N3CCCC3)c2)cc1F. The number of anilines is 1. The predicted molar refractivity (Wildman–Crippen MR) is 109 cm³/mol. The number of nitrogens with zero attached hydrogens (tertiary/aromatic N) is 1. The molecule has 0 radical (unpaired) electrons. The third-order valence-corrected chi connectivity index (χ3v) is 7.02. The molecular weight excluding hydrogens is 435 g/mol. The van der Waals surface area contributed by atoms with Gasteiger partial charge in [-0.15, -0.1) is 0 Å². The number of amides is 1. The Balaban J connectivity index is 1.66. The first-order valence-corrected chi connectivity index (χ1v) is 11.0. The molecule has 2 aromatic carbocycles. The van der Waals surface area contributed by atoms with Crippen LogP contribution in [0.4, 0.5) is 10.1 Å². The Morgan fingerprint density at radius 2 is 1.87 bits per heavy atom. The van der Waals surface area contributed by atoms with Gasteiger partial charge < -0.3 is 10.1 Å². The van der Waals surface area contributed by atoms with Crippen LogP contribution in [0.2, 0.25) is 5.02 Å². The minimum Gasteiger partial charge on any atom is -0.452 e. The van der Waals surface area contributed by atoms with Crippen LogP contribution < -0.4 is 5.32 Å². The molecule has 7 nitrogen and oxygen atoms in total. The molecule has 10 heteroatoms. The van der Waals surface area contributed by atoms with Crippen molar-refractivity contribution in [3.63, 3.8) is 0 Å². The number of hydrogen-bond acceptors (Lipinski definition) is 5. The highest BCUT2D eigenvalue weighted by Crippen LogP contribution is 2.28. The topological polar surface area (TPSA) is 92.8 Å². The number of benzene rings is 2. The summed E-state index contributed by atoms with van der Waals surface area (Å²) in [5, 5.41) is 2.42. The number of carbonyl (C=O) groups excluding carboxylic acids is 2. The van der Waals surface area contributed by atoms with Gasteiger partial charge in [0.1, 0.15) is 10.7 Å². The minimum atomic E-state index is -3.83. The van der Waals surface area contributed by atoms with Crippen molar-refractivity contribution in [3.8, 4) is 0 Å². The molecule has 1 fully saturated rings. The van der Waals surface area contributed by atoms with Crippen molar-refractivity contribution in [2.45, 2.75) is 24.7 Å². The number of nitrogens with one attached hydrogen (secondary N) is 1. The molecule has 1 aliphatic rings. The van der Waals surface area contributed by atoms with E-state index in [2.05, 4.69) is 5.32 Å². The van der Waals surface area contributed by atoms with Crippen molar-refractivity contribution in [3.05, 3.63) is 58.4 Å². The maximum absolute atomic E-state index is 13.5. The molecule has 0 atom stereocenters. The van der Waals surface area contributed by atoms with Crippen LogP contribution in [0.25, 0.3) is 0 Å². The highest BCUT2D eigenvalue weighted by atomic mass is 35.5. The first-order chi connectivity index (χ1) is 14.2. The average Bonchev–Trinajstić information content (AvgIpc) is 3.25. The van der Waals surface area contributed by atoms with Gasteiger partial charge in [-0.25, -0.2) is 17.6 Å². The second kappa shape index (κ2) is 9.11. The second-order valence-electron chi connectivity index (χ2n) is 6.84. The van der Waals surface area contributed by atoms with Crippen molar-refractivity contribution < 1.29 is 27.1 Å². The number of aryl methyl sites for hydroxylation is 1. The first-order valence-electron chi connectivity index (χ1n) is 9.21. The molecule has 3 rings (SSSR count). The van der Waals surface area contributed by atoms with Gasteiger partial charge in [0.2, 0.25) is 10.0 Å². The monoisotopic (exact) mass is 454 g/mol. The zero-order valence-corrected chi connectivity index (χ0v) is 17.7. The van der Waals surface area contributed by atoms with Gasteiger partial charge in [0.25, 0.3) is 5.91 Å². The molecule has 0 aromatic heterocycles. The van der Waals surface area contributed by atoms with E-state index in [1.165, 1.54) is 28.6 Å². The number of halogens is 2. The Kier molecular flexibility index (Phi) is 6.74. The summed E-state index contributed by atoms with van der Waals surface area (Å²) >= 11 is 6.05. The number of esters is 1. The molecule has 0 unspecified atom stereocenters. The van der Waals surface area contributed by atoms with E-state index in [1.54, 1.807) is 6.92 Å². The summed E-state index contributed by atoms with van der Waals surface area (Å²) in [7, 11) is -3.83. The fraction of sp³-hybridized carbons (Fsp3) is 0.300. The first kappa shape index (κ1) is 22.2. The Morgan fingerprint density at radius 1 is 1.17 bits per heavy atom. The van der Waals surface area contributed by atoms with Gasteiger partial charge in [0, 0.05) is 18.8 Å². The quantitative estimate of drug-likeness (QED) is 0.675. The van der Waals surface area contributed by atoms with Crippen molar-refractivity contribution in [2.75, 3.05) is 25.0 Å². The molecule has 0 spiro atoms. The zero-order chi connectivity index (χ0) is 21.9. The number of rotatable bonds is 6. The van der Waals surface area contributed by atoms with Gasteiger partial charge in [-0.2, -0.15) is 4.31 Å². The van der Waals surface area contributed by atoms with Gasteiger partial charge >= 0.3 is 5.97 Å². The largest absolute Gasteiger partial charge is 0.452 e. The number of ether oxygens (including phenoxy) is 1. The number of sulfonamides is 1. The van der Waals surface area contributed by atoms with Gasteiger partial charge in [0.05, 0.1) is 10.6 Å². The van der Waals surface area contributed by atoms with Crippen LogP contribution in [0.5, 0.6) is 0 Å². The van der Waals surface area contributed by atoms with E-state index >= 15 is 0 Å². The molecule has 0 bridgehead atoms. The molecule has 30 heavy (non-hydrogen) atoms. The van der Waals surface area contributed by atoms with E-state index in [1.807, 2.05) is 0 Å². The molecule has 0 saturated carbocycles. The molecule has 1 heterocycles. The van der Waals surface area contributed by atoms with Crippen molar-refractivity contribution in [1.29, 1.82) is 0 Å². The minimum absolute atomic E-state index is 0.00223. The fourth-order valence-corrected chi connectivity index (χ4v) is 5.00. The summed E-state index contributed by atoms with van der Waals surface area (Å²) in [4.78, 5) is 24.1. The molecule has 2 aromatic rings. The summed E-state index contributed by atoms with van der Waals surface area (Å²) < 4.78 is 45.3. The van der Waals surface area contributed by atoms with Crippen molar-refractivity contribution in [1.82, 2.24) is 4.31 Å². The van der Waals surface area contributed by atoms with E-state index in [4.69, 9.17) is 16.3 Å². The normalized spacial score (nSPS) is 14.5. The summed E-state index contributed by atoms with van der Waals surface area (Å²) in [6.45, 7) is 1.76. The second-order valence-corrected chi connectivity index (χ2v) is 9.16. The van der Waals surface area contributed by atoms with Crippen LogP contribution in [0.1, 0.15) is 28.8 Å². The lowest BCUT2D eigenvalue weighted by atomic mass is 10.2. The molecule has 1 N–H and O–H groups in total. The van der Waals surface area contributed by atoms with Crippen LogP contribution in [0.15, 0.2) is 41.3 Å². The molecular formula is C20H20ClFN2O5S.